The molecule has 0 aromatic heterocycles. The Balaban J connectivity index is 2.65. The molecule has 0 saturated carbocycles. The monoisotopic (exact) mass is 271 g/mol. The number of hydrogen-bond acceptors (Lipinski definition) is 2. The molecule has 0 heterocycles. The number of hydrogen-bond donors (Lipinski definition) is 1. The van der Waals surface area contributed by atoms with Crippen LogP contribution in [-0.4, -0.2) is 5.78 Å². The Morgan fingerprint density at radius 2 is 1.88 bits per heavy atom. The zero-order valence-electron chi connectivity index (χ0n) is 10.1. The molecule has 0 fully saturated rings. The first-order valence-corrected chi connectivity index (χ1v) is 5.99. The maximum absolute atomic E-state index is 11.6. The molecule has 0 aliphatic carbocycles. The van der Waals surface area contributed by atoms with Gasteiger partial charge in [0.15, 0.2) is 5.78 Å². The largest absolute Gasteiger partial charge is 0.362 e. The van der Waals surface area contributed by atoms with Gasteiger partial charge in [-0.3, -0.25) is 4.79 Å². The van der Waals surface area contributed by atoms with Gasteiger partial charge < -0.3 is 5.32 Å². The molecule has 17 heavy (non-hydrogen) atoms. The molecule has 92 valence electrons. The Labute approximate surface area is 112 Å². The minimum atomic E-state index is -0.365. The quantitative estimate of drug-likeness (QED) is 0.819. The van der Waals surface area contributed by atoms with Crippen LogP contribution in [0.1, 0.15) is 20.8 Å². The van der Waals surface area contributed by atoms with Gasteiger partial charge in [-0.25, -0.2) is 0 Å². The molecule has 0 radical (unpaired) electrons. The average Bonchev–Trinajstić information content (AvgIpc) is 2.22. The fraction of sp³-hybridized carbons (Fsp3) is 0.308. The Hall–Kier alpha value is -0.990. The number of rotatable bonds is 3. The second kappa shape index (κ2) is 5.56. The fourth-order valence-corrected chi connectivity index (χ4v) is 1.35. The van der Waals surface area contributed by atoms with Crippen LogP contribution >= 0.6 is 23.2 Å². The van der Waals surface area contributed by atoms with E-state index in [1.54, 1.807) is 24.4 Å². The minimum absolute atomic E-state index is 0.0602. The van der Waals surface area contributed by atoms with E-state index < -0.39 is 0 Å². The van der Waals surface area contributed by atoms with Gasteiger partial charge in [-0.2, -0.15) is 0 Å². The van der Waals surface area contributed by atoms with Crippen molar-refractivity contribution >= 4 is 34.7 Å². The summed E-state index contributed by atoms with van der Waals surface area (Å²) in [4.78, 5) is 11.6. The van der Waals surface area contributed by atoms with Crippen molar-refractivity contribution in [1.29, 1.82) is 0 Å². The van der Waals surface area contributed by atoms with Crippen LogP contribution in [0.3, 0.4) is 0 Å². The number of ketones is 1. The summed E-state index contributed by atoms with van der Waals surface area (Å²) in [5, 5.41) is 3.96. The van der Waals surface area contributed by atoms with Gasteiger partial charge in [-0.1, -0.05) is 44.0 Å². The van der Waals surface area contributed by atoms with Crippen LogP contribution in [0.4, 0.5) is 5.69 Å². The molecule has 2 nitrogen and oxygen atoms in total. The molecule has 1 N–H and O–H groups in total. The lowest BCUT2D eigenvalue weighted by Crippen LogP contribution is -2.17. The Bertz CT molecular complexity index is 447. The highest BCUT2D eigenvalue weighted by Gasteiger charge is 2.17. The summed E-state index contributed by atoms with van der Waals surface area (Å²) < 4.78 is 0. The van der Waals surface area contributed by atoms with Gasteiger partial charge >= 0.3 is 0 Å². The summed E-state index contributed by atoms with van der Waals surface area (Å²) in [5.74, 6) is 0.0602. The SMILES string of the molecule is CC(C)(C)C(=O)/C=C/Nc1ccc(Cl)c(Cl)c1. The van der Waals surface area contributed by atoms with Crippen molar-refractivity contribution in [3.63, 3.8) is 0 Å². The molecule has 0 amide bonds. The van der Waals surface area contributed by atoms with Crippen LogP contribution in [0.5, 0.6) is 0 Å². The van der Waals surface area contributed by atoms with E-state index in [1.165, 1.54) is 6.08 Å². The highest BCUT2D eigenvalue weighted by molar-refractivity contribution is 6.42. The van der Waals surface area contributed by atoms with Crippen LogP contribution in [0, 0.1) is 5.41 Å². The molecule has 0 unspecified atom stereocenters. The zero-order valence-corrected chi connectivity index (χ0v) is 11.6. The standard InChI is InChI=1S/C13H15Cl2NO/c1-13(2,3)12(17)6-7-16-9-4-5-10(14)11(15)8-9/h4-8,16H,1-3H3/b7-6+. The Morgan fingerprint density at radius 1 is 1.24 bits per heavy atom. The summed E-state index contributed by atoms with van der Waals surface area (Å²) in [7, 11) is 0. The number of benzene rings is 1. The van der Waals surface area contributed by atoms with Gasteiger partial charge in [0.25, 0.3) is 0 Å². The van der Waals surface area contributed by atoms with Gasteiger partial charge in [-0.15, -0.1) is 0 Å². The lowest BCUT2D eigenvalue weighted by molar-refractivity contribution is -0.121. The van der Waals surface area contributed by atoms with Crippen LogP contribution in [-0.2, 0) is 4.79 Å². The zero-order chi connectivity index (χ0) is 13.1. The Kier molecular flexibility index (Phi) is 4.61. The second-order valence-electron chi connectivity index (χ2n) is 4.72. The number of carbonyl (C=O) groups is 1. The van der Waals surface area contributed by atoms with Crippen molar-refractivity contribution in [2.75, 3.05) is 5.32 Å². The Morgan fingerprint density at radius 3 is 2.41 bits per heavy atom. The van der Waals surface area contributed by atoms with Gasteiger partial charge in [0.2, 0.25) is 0 Å². The highest BCUT2D eigenvalue weighted by atomic mass is 35.5. The summed E-state index contributed by atoms with van der Waals surface area (Å²) in [6, 6.07) is 5.20. The van der Waals surface area contributed by atoms with E-state index in [-0.39, 0.29) is 11.2 Å². The second-order valence-corrected chi connectivity index (χ2v) is 5.54. The minimum Gasteiger partial charge on any atom is -0.362 e. The first-order chi connectivity index (χ1) is 7.80. The number of halogens is 2. The number of allylic oxidation sites excluding steroid dienone is 1. The highest BCUT2D eigenvalue weighted by Crippen LogP contribution is 2.25. The molecular weight excluding hydrogens is 257 g/mol. The van der Waals surface area contributed by atoms with Crippen LogP contribution < -0.4 is 5.32 Å². The smallest absolute Gasteiger partial charge is 0.162 e. The fourth-order valence-electron chi connectivity index (χ4n) is 1.05. The first kappa shape index (κ1) is 14.1. The molecule has 4 heteroatoms. The average molecular weight is 272 g/mol. The normalized spacial score (nSPS) is 11.8. The summed E-state index contributed by atoms with van der Waals surface area (Å²) >= 11 is 11.7. The van der Waals surface area contributed by atoms with E-state index in [4.69, 9.17) is 23.2 Å². The third-order valence-electron chi connectivity index (χ3n) is 2.14. The number of carbonyl (C=O) groups excluding carboxylic acids is 1. The van der Waals surface area contributed by atoms with Crippen LogP contribution in [0.15, 0.2) is 30.5 Å². The summed E-state index contributed by atoms with van der Waals surface area (Å²) in [5.41, 5.74) is 0.424. The molecule has 0 aliphatic heterocycles. The van der Waals surface area contributed by atoms with E-state index in [0.29, 0.717) is 10.0 Å². The van der Waals surface area contributed by atoms with Crippen molar-refractivity contribution in [2.24, 2.45) is 5.41 Å². The first-order valence-electron chi connectivity index (χ1n) is 5.23. The van der Waals surface area contributed by atoms with Gasteiger partial charge in [0.05, 0.1) is 10.0 Å². The topological polar surface area (TPSA) is 29.1 Å². The van der Waals surface area contributed by atoms with Gasteiger partial charge in [0.1, 0.15) is 0 Å². The van der Waals surface area contributed by atoms with E-state index in [2.05, 4.69) is 5.32 Å². The third-order valence-corrected chi connectivity index (χ3v) is 2.88. The molecule has 1 rings (SSSR count). The molecule has 0 bridgehead atoms. The summed E-state index contributed by atoms with van der Waals surface area (Å²) in [6.07, 6.45) is 3.12. The summed E-state index contributed by atoms with van der Waals surface area (Å²) in [6.45, 7) is 5.62. The van der Waals surface area contributed by atoms with Gasteiger partial charge in [-0.05, 0) is 24.3 Å². The lowest BCUT2D eigenvalue weighted by atomic mass is 9.91. The maximum Gasteiger partial charge on any atom is 0.162 e. The molecule has 0 atom stereocenters. The molecular formula is C13H15Cl2NO. The van der Waals surface area contributed by atoms with Crippen molar-refractivity contribution in [1.82, 2.24) is 0 Å². The molecule has 1 aromatic carbocycles. The predicted molar refractivity (Wildman–Crippen MR) is 73.7 cm³/mol. The van der Waals surface area contributed by atoms with Crippen molar-refractivity contribution < 1.29 is 4.79 Å². The van der Waals surface area contributed by atoms with E-state index in [9.17, 15) is 4.79 Å². The van der Waals surface area contributed by atoms with E-state index >= 15 is 0 Å². The maximum atomic E-state index is 11.6. The van der Waals surface area contributed by atoms with Crippen LogP contribution in [0.2, 0.25) is 10.0 Å². The molecule has 0 saturated heterocycles. The number of anilines is 1. The molecule has 1 aromatic rings. The van der Waals surface area contributed by atoms with Crippen molar-refractivity contribution in [3.8, 4) is 0 Å². The number of nitrogens with one attached hydrogen (secondary N) is 1. The predicted octanol–water partition coefficient (Wildman–Crippen LogP) is 4.53. The van der Waals surface area contributed by atoms with E-state index in [1.807, 2.05) is 20.8 Å². The third kappa shape index (κ3) is 4.41. The molecule has 0 aliphatic rings. The van der Waals surface area contributed by atoms with Gasteiger partial charge in [0, 0.05) is 17.3 Å². The van der Waals surface area contributed by atoms with Crippen molar-refractivity contribution in [3.05, 3.63) is 40.5 Å². The lowest BCUT2D eigenvalue weighted by Gasteiger charge is -2.13. The van der Waals surface area contributed by atoms with Crippen molar-refractivity contribution in [2.45, 2.75) is 20.8 Å². The van der Waals surface area contributed by atoms with Crippen LogP contribution in [0.25, 0.3) is 0 Å². The molecule has 0 spiro atoms. The van der Waals surface area contributed by atoms with E-state index in [0.717, 1.165) is 5.69 Å².